The predicted octanol–water partition coefficient (Wildman–Crippen LogP) is -1.72. The lowest BCUT2D eigenvalue weighted by atomic mass is 10.0. The molecule has 0 aliphatic carbocycles. The number of guanidine groups is 1. The molecule has 0 saturated carbocycles. The standard InChI is InChI=1S/C24H37N7O7/c1-13(2)19(23(37)38)31-21(35)16(9-6-10-28-24(26)27)29-22(36)17(12-18(32)33)30-20(34)15(25)11-14-7-4-3-5-8-14/h3-5,7-8,13,15-17,19H,6,9-12,25H2,1-2H3,(H,29,36)(H,30,34)(H,31,35)(H,32,33)(H,37,38)(H4,26,27,28). The Morgan fingerprint density at radius 3 is 2.00 bits per heavy atom. The molecule has 11 N–H and O–H groups in total. The van der Waals surface area contributed by atoms with Gasteiger partial charge in [-0.15, -0.1) is 0 Å². The number of aliphatic imine (C=N–C) groups is 1. The van der Waals surface area contributed by atoms with Crippen LogP contribution in [0.2, 0.25) is 0 Å². The van der Waals surface area contributed by atoms with E-state index in [1.165, 1.54) is 0 Å². The number of hydrogen-bond donors (Lipinski definition) is 8. The van der Waals surface area contributed by atoms with Gasteiger partial charge in [-0.3, -0.25) is 24.2 Å². The Hall–Kier alpha value is -4.20. The highest BCUT2D eigenvalue weighted by Gasteiger charge is 2.32. The molecule has 4 atom stereocenters. The van der Waals surface area contributed by atoms with Crippen LogP contribution in [0, 0.1) is 5.92 Å². The summed E-state index contributed by atoms with van der Waals surface area (Å²) in [6.07, 6.45) is -0.398. The van der Waals surface area contributed by atoms with Crippen molar-refractivity contribution in [1.29, 1.82) is 0 Å². The van der Waals surface area contributed by atoms with Crippen molar-refractivity contribution in [2.75, 3.05) is 6.54 Å². The Morgan fingerprint density at radius 1 is 0.895 bits per heavy atom. The molecule has 3 amide bonds. The molecule has 4 unspecified atom stereocenters. The molecule has 0 heterocycles. The van der Waals surface area contributed by atoms with Crippen molar-refractivity contribution in [2.45, 2.75) is 63.7 Å². The molecule has 210 valence electrons. The van der Waals surface area contributed by atoms with Crippen molar-refractivity contribution in [2.24, 2.45) is 28.1 Å². The second-order valence-corrected chi connectivity index (χ2v) is 9.03. The number of amides is 3. The van der Waals surface area contributed by atoms with Gasteiger partial charge in [0.25, 0.3) is 0 Å². The monoisotopic (exact) mass is 535 g/mol. The molecule has 38 heavy (non-hydrogen) atoms. The molecule has 0 aliphatic rings. The van der Waals surface area contributed by atoms with Gasteiger partial charge in [-0.05, 0) is 30.7 Å². The van der Waals surface area contributed by atoms with Gasteiger partial charge < -0.3 is 43.4 Å². The molecular weight excluding hydrogens is 498 g/mol. The number of carboxylic acids is 2. The minimum atomic E-state index is -1.55. The third-order valence-electron chi connectivity index (χ3n) is 5.46. The maximum absolute atomic E-state index is 13.0. The molecule has 1 rings (SSSR count). The van der Waals surface area contributed by atoms with Crippen molar-refractivity contribution >= 4 is 35.6 Å². The zero-order chi connectivity index (χ0) is 28.8. The molecule has 0 aliphatic heterocycles. The van der Waals surface area contributed by atoms with E-state index in [9.17, 15) is 34.2 Å². The largest absolute Gasteiger partial charge is 0.481 e. The number of carbonyl (C=O) groups is 5. The number of carbonyl (C=O) groups excluding carboxylic acids is 3. The zero-order valence-electron chi connectivity index (χ0n) is 21.4. The fourth-order valence-corrected chi connectivity index (χ4v) is 3.44. The van der Waals surface area contributed by atoms with Crippen LogP contribution in [0.1, 0.15) is 38.7 Å². The zero-order valence-corrected chi connectivity index (χ0v) is 21.4. The van der Waals surface area contributed by atoms with Gasteiger partial charge in [0.1, 0.15) is 18.1 Å². The number of nitrogens with two attached hydrogens (primary N) is 3. The number of benzene rings is 1. The summed E-state index contributed by atoms with van der Waals surface area (Å²) in [6, 6.07) is 3.77. The van der Waals surface area contributed by atoms with E-state index in [0.29, 0.717) is 0 Å². The van der Waals surface area contributed by atoms with Crippen molar-refractivity contribution < 1.29 is 34.2 Å². The van der Waals surface area contributed by atoms with Crippen LogP contribution in [0.4, 0.5) is 0 Å². The Balaban J connectivity index is 3.02. The highest BCUT2D eigenvalue weighted by Crippen LogP contribution is 2.07. The van der Waals surface area contributed by atoms with Crippen LogP contribution < -0.4 is 33.2 Å². The van der Waals surface area contributed by atoms with E-state index in [2.05, 4.69) is 20.9 Å². The fourth-order valence-electron chi connectivity index (χ4n) is 3.44. The van der Waals surface area contributed by atoms with E-state index in [-0.39, 0.29) is 31.8 Å². The first-order valence-electron chi connectivity index (χ1n) is 12.0. The van der Waals surface area contributed by atoms with Crippen molar-refractivity contribution in [3.8, 4) is 0 Å². The molecule has 1 aromatic rings. The average Bonchev–Trinajstić information content (AvgIpc) is 2.83. The van der Waals surface area contributed by atoms with Crippen LogP contribution in [0.3, 0.4) is 0 Å². The average molecular weight is 536 g/mol. The molecule has 0 saturated heterocycles. The predicted molar refractivity (Wildman–Crippen MR) is 139 cm³/mol. The first kappa shape index (κ1) is 31.8. The van der Waals surface area contributed by atoms with Crippen LogP contribution in [0.15, 0.2) is 35.3 Å². The second-order valence-electron chi connectivity index (χ2n) is 9.03. The van der Waals surface area contributed by atoms with Gasteiger partial charge >= 0.3 is 11.9 Å². The summed E-state index contributed by atoms with van der Waals surface area (Å²) in [5, 5.41) is 25.8. The lowest BCUT2D eigenvalue weighted by Crippen LogP contribution is -2.58. The van der Waals surface area contributed by atoms with E-state index in [1.54, 1.807) is 44.2 Å². The van der Waals surface area contributed by atoms with E-state index in [1.807, 2.05) is 0 Å². The SMILES string of the molecule is CC(C)C(NC(=O)C(CCCN=C(N)N)NC(=O)C(CC(=O)O)NC(=O)C(N)Cc1ccccc1)C(=O)O. The molecular formula is C24H37N7O7. The maximum Gasteiger partial charge on any atom is 0.326 e. The van der Waals surface area contributed by atoms with Crippen LogP contribution in [0.25, 0.3) is 0 Å². The molecule has 0 spiro atoms. The number of hydrogen-bond acceptors (Lipinski definition) is 7. The Morgan fingerprint density at radius 2 is 1.47 bits per heavy atom. The van der Waals surface area contributed by atoms with E-state index in [0.717, 1.165) is 5.56 Å². The van der Waals surface area contributed by atoms with E-state index >= 15 is 0 Å². The Bertz CT molecular complexity index is 997. The number of nitrogens with zero attached hydrogens (tertiary/aromatic N) is 1. The first-order valence-corrected chi connectivity index (χ1v) is 12.0. The first-order chi connectivity index (χ1) is 17.8. The second kappa shape index (κ2) is 15.8. The lowest BCUT2D eigenvalue weighted by molar-refractivity contribution is -0.144. The molecule has 0 aromatic heterocycles. The molecule has 0 bridgehead atoms. The minimum Gasteiger partial charge on any atom is -0.481 e. The van der Waals surface area contributed by atoms with Crippen molar-refractivity contribution in [3.63, 3.8) is 0 Å². The summed E-state index contributed by atoms with van der Waals surface area (Å²) in [5.74, 6) is -5.77. The molecule has 14 nitrogen and oxygen atoms in total. The summed E-state index contributed by atoms with van der Waals surface area (Å²) in [6.45, 7) is 3.32. The normalized spacial score (nSPS) is 13.9. The number of carboxylic acid groups (broad SMARTS) is 2. The van der Waals surface area contributed by atoms with Gasteiger partial charge in [-0.1, -0.05) is 44.2 Å². The van der Waals surface area contributed by atoms with Gasteiger partial charge in [-0.2, -0.15) is 0 Å². The van der Waals surface area contributed by atoms with Crippen molar-refractivity contribution in [3.05, 3.63) is 35.9 Å². The van der Waals surface area contributed by atoms with E-state index in [4.69, 9.17) is 17.2 Å². The minimum absolute atomic E-state index is 0.0000462. The number of nitrogens with one attached hydrogen (secondary N) is 3. The van der Waals surface area contributed by atoms with Gasteiger partial charge in [0.15, 0.2) is 5.96 Å². The third-order valence-corrected chi connectivity index (χ3v) is 5.46. The van der Waals surface area contributed by atoms with E-state index < -0.39 is 66.2 Å². The third kappa shape index (κ3) is 11.7. The maximum atomic E-state index is 13.0. The summed E-state index contributed by atoms with van der Waals surface area (Å²) in [7, 11) is 0. The molecule has 1 aromatic carbocycles. The summed E-state index contributed by atoms with van der Waals surface area (Å²) >= 11 is 0. The van der Waals surface area contributed by atoms with Crippen LogP contribution in [-0.4, -0.2) is 76.5 Å². The Labute approximate surface area is 220 Å². The number of aliphatic carboxylic acids is 2. The summed E-state index contributed by atoms with van der Waals surface area (Å²) in [5.41, 5.74) is 17.3. The van der Waals surface area contributed by atoms with Gasteiger partial charge in [0.05, 0.1) is 12.5 Å². The highest BCUT2D eigenvalue weighted by atomic mass is 16.4. The fraction of sp³-hybridized carbons (Fsp3) is 0.500. The van der Waals surface area contributed by atoms with Crippen LogP contribution in [0.5, 0.6) is 0 Å². The molecule has 0 radical (unpaired) electrons. The molecule has 14 heteroatoms. The molecule has 0 fully saturated rings. The summed E-state index contributed by atoms with van der Waals surface area (Å²) < 4.78 is 0. The van der Waals surface area contributed by atoms with Gasteiger partial charge in [0.2, 0.25) is 17.7 Å². The lowest BCUT2D eigenvalue weighted by Gasteiger charge is -2.25. The topological polar surface area (TPSA) is 252 Å². The Kier molecular flexibility index (Phi) is 13.2. The summed E-state index contributed by atoms with van der Waals surface area (Å²) in [4.78, 5) is 65.3. The highest BCUT2D eigenvalue weighted by molar-refractivity contribution is 5.95. The smallest absolute Gasteiger partial charge is 0.326 e. The van der Waals surface area contributed by atoms with Crippen LogP contribution in [-0.2, 0) is 30.4 Å². The number of rotatable bonds is 16. The van der Waals surface area contributed by atoms with Crippen LogP contribution >= 0.6 is 0 Å². The van der Waals surface area contributed by atoms with Gasteiger partial charge in [-0.25, -0.2) is 4.79 Å². The quantitative estimate of drug-likeness (QED) is 0.0675. The van der Waals surface area contributed by atoms with Gasteiger partial charge in [0, 0.05) is 6.54 Å². The van der Waals surface area contributed by atoms with Crippen molar-refractivity contribution in [1.82, 2.24) is 16.0 Å².